The van der Waals surface area contributed by atoms with Crippen molar-refractivity contribution >= 4 is 40.8 Å². The molecule has 0 saturated heterocycles. The lowest BCUT2D eigenvalue weighted by atomic mass is 10.1. The monoisotopic (exact) mass is 399 g/mol. The molecule has 2 aromatic rings. The number of benzene rings is 1. The van der Waals surface area contributed by atoms with Gasteiger partial charge in [0.2, 0.25) is 17.7 Å². The van der Waals surface area contributed by atoms with E-state index in [1.54, 1.807) is 24.3 Å². The molecule has 152 valence electrons. The van der Waals surface area contributed by atoms with E-state index in [2.05, 4.69) is 15.7 Å². The van der Waals surface area contributed by atoms with Crippen molar-refractivity contribution in [1.29, 1.82) is 0 Å². The maximum atomic E-state index is 12.6. The third kappa shape index (κ3) is 4.26. The fourth-order valence-corrected chi connectivity index (χ4v) is 2.83. The standard InChI is InChI=1S/C19H21N5O5/c1-19(2,18(28)29)24-10-12(9-20-24)21-15(25)7-8-17(27)23-11-16(26)22-13-5-3-4-6-14(13)23/h3-6,9-10H,7-8,11H2,1-2H3,(H,21,25)(H,22,26)(H,28,29). The maximum absolute atomic E-state index is 12.6. The van der Waals surface area contributed by atoms with Crippen LogP contribution in [0.5, 0.6) is 0 Å². The molecular formula is C19H21N5O5. The van der Waals surface area contributed by atoms with Crippen LogP contribution in [0, 0.1) is 0 Å². The van der Waals surface area contributed by atoms with E-state index < -0.39 is 17.4 Å². The summed E-state index contributed by atoms with van der Waals surface area (Å²) in [6.45, 7) is 2.87. The number of fused-ring (bicyclic) bond motifs is 1. The van der Waals surface area contributed by atoms with E-state index in [1.807, 2.05) is 0 Å². The highest BCUT2D eigenvalue weighted by atomic mass is 16.4. The third-order valence-electron chi connectivity index (χ3n) is 4.60. The van der Waals surface area contributed by atoms with Gasteiger partial charge in [0.1, 0.15) is 6.54 Å². The number of nitrogens with zero attached hydrogens (tertiary/aromatic N) is 3. The van der Waals surface area contributed by atoms with E-state index in [-0.39, 0.29) is 31.2 Å². The van der Waals surface area contributed by atoms with Crippen molar-refractivity contribution in [3.8, 4) is 0 Å². The number of carbonyl (C=O) groups is 4. The van der Waals surface area contributed by atoms with Gasteiger partial charge in [-0.2, -0.15) is 5.10 Å². The Bertz CT molecular complexity index is 981. The molecule has 0 unspecified atom stereocenters. The molecule has 1 aliphatic heterocycles. The second-order valence-corrected chi connectivity index (χ2v) is 7.13. The highest BCUT2D eigenvalue weighted by molar-refractivity contribution is 6.10. The Morgan fingerprint density at radius 2 is 1.97 bits per heavy atom. The summed E-state index contributed by atoms with van der Waals surface area (Å²) in [4.78, 5) is 49.2. The van der Waals surface area contributed by atoms with Gasteiger partial charge in [-0.1, -0.05) is 12.1 Å². The summed E-state index contributed by atoms with van der Waals surface area (Å²) in [6.07, 6.45) is 2.59. The molecule has 3 rings (SSSR count). The molecule has 1 aromatic heterocycles. The zero-order valence-electron chi connectivity index (χ0n) is 16.0. The summed E-state index contributed by atoms with van der Waals surface area (Å²) >= 11 is 0. The summed E-state index contributed by atoms with van der Waals surface area (Å²) in [5, 5.41) is 18.5. The molecule has 0 atom stereocenters. The number of carboxylic acids is 1. The number of aliphatic carboxylic acids is 1. The summed E-state index contributed by atoms with van der Waals surface area (Å²) in [5.41, 5.74) is 0.213. The van der Waals surface area contributed by atoms with Gasteiger partial charge in [-0.25, -0.2) is 4.79 Å². The van der Waals surface area contributed by atoms with Crippen LogP contribution in [0.3, 0.4) is 0 Å². The minimum atomic E-state index is -1.26. The molecule has 0 bridgehead atoms. The predicted octanol–water partition coefficient (Wildman–Crippen LogP) is 1.41. The average Bonchev–Trinajstić information content (AvgIpc) is 3.14. The molecule has 0 radical (unpaired) electrons. The van der Waals surface area contributed by atoms with Gasteiger partial charge in [0.05, 0.1) is 23.3 Å². The predicted molar refractivity (Wildman–Crippen MR) is 104 cm³/mol. The number of amides is 3. The number of aromatic nitrogens is 2. The molecule has 10 nitrogen and oxygen atoms in total. The lowest BCUT2D eigenvalue weighted by molar-refractivity contribution is -0.146. The van der Waals surface area contributed by atoms with Crippen molar-refractivity contribution in [2.45, 2.75) is 32.2 Å². The first-order valence-electron chi connectivity index (χ1n) is 8.96. The van der Waals surface area contributed by atoms with Crippen LogP contribution in [0.25, 0.3) is 0 Å². The molecule has 0 saturated carbocycles. The number of nitrogens with one attached hydrogen (secondary N) is 2. The number of hydrogen-bond donors (Lipinski definition) is 3. The number of para-hydroxylation sites is 2. The summed E-state index contributed by atoms with van der Waals surface area (Å²) < 4.78 is 1.24. The van der Waals surface area contributed by atoms with E-state index in [4.69, 9.17) is 0 Å². The molecule has 0 spiro atoms. The van der Waals surface area contributed by atoms with Crippen LogP contribution in [-0.2, 0) is 24.7 Å². The van der Waals surface area contributed by atoms with E-state index in [0.717, 1.165) is 0 Å². The van der Waals surface area contributed by atoms with Gasteiger partial charge in [-0.3, -0.25) is 19.1 Å². The number of carboxylic acid groups (broad SMARTS) is 1. The van der Waals surface area contributed by atoms with Crippen molar-refractivity contribution in [1.82, 2.24) is 9.78 Å². The number of rotatable bonds is 6. The molecule has 2 heterocycles. The molecule has 1 aromatic carbocycles. The van der Waals surface area contributed by atoms with E-state index >= 15 is 0 Å². The summed E-state index contributed by atoms with van der Waals surface area (Å²) in [7, 11) is 0. The molecule has 3 N–H and O–H groups in total. The smallest absolute Gasteiger partial charge is 0.331 e. The van der Waals surface area contributed by atoms with Crippen molar-refractivity contribution in [3.05, 3.63) is 36.7 Å². The number of hydrogen-bond acceptors (Lipinski definition) is 5. The third-order valence-corrected chi connectivity index (χ3v) is 4.60. The van der Waals surface area contributed by atoms with E-state index in [1.165, 1.54) is 35.8 Å². The van der Waals surface area contributed by atoms with Crippen LogP contribution in [0.4, 0.5) is 17.1 Å². The number of anilines is 3. The first-order valence-corrected chi connectivity index (χ1v) is 8.96. The van der Waals surface area contributed by atoms with Gasteiger partial charge < -0.3 is 20.6 Å². The molecular weight excluding hydrogens is 378 g/mol. The molecule has 10 heteroatoms. The summed E-state index contributed by atoms with van der Waals surface area (Å²) in [6, 6.07) is 6.95. The lowest BCUT2D eigenvalue weighted by Crippen LogP contribution is -2.42. The Morgan fingerprint density at radius 3 is 2.69 bits per heavy atom. The second kappa shape index (κ2) is 7.74. The van der Waals surface area contributed by atoms with Crippen molar-refractivity contribution in [2.24, 2.45) is 0 Å². The second-order valence-electron chi connectivity index (χ2n) is 7.13. The molecule has 0 fully saturated rings. The Kier molecular flexibility index (Phi) is 5.35. The summed E-state index contributed by atoms with van der Waals surface area (Å²) in [5.74, 6) is -2.11. The minimum Gasteiger partial charge on any atom is -0.479 e. The molecule has 29 heavy (non-hydrogen) atoms. The van der Waals surface area contributed by atoms with Gasteiger partial charge >= 0.3 is 5.97 Å². The van der Waals surface area contributed by atoms with Crippen LogP contribution in [-0.4, -0.2) is 45.1 Å². The fraction of sp³-hybridized carbons (Fsp3) is 0.316. The Hall–Kier alpha value is -3.69. The van der Waals surface area contributed by atoms with Crippen LogP contribution in [0.2, 0.25) is 0 Å². The first kappa shape index (κ1) is 20.1. The van der Waals surface area contributed by atoms with Crippen molar-refractivity contribution < 1.29 is 24.3 Å². The SMILES string of the molecule is CC(C)(C(=O)O)n1cc(NC(=O)CCC(=O)N2CC(=O)Nc3ccccc32)cn1. The van der Waals surface area contributed by atoms with Gasteiger partial charge in [0.25, 0.3) is 0 Å². The van der Waals surface area contributed by atoms with Gasteiger partial charge in [-0.05, 0) is 26.0 Å². The highest BCUT2D eigenvalue weighted by Crippen LogP contribution is 2.29. The van der Waals surface area contributed by atoms with Gasteiger partial charge in [-0.15, -0.1) is 0 Å². The quantitative estimate of drug-likeness (QED) is 0.672. The largest absolute Gasteiger partial charge is 0.479 e. The van der Waals surface area contributed by atoms with Crippen molar-refractivity contribution in [2.75, 3.05) is 22.1 Å². The lowest BCUT2D eigenvalue weighted by Gasteiger charge is -2.29. The zero-order chi connectivity index (χ0) is 21.2. The highest BCUT2D eigenvalue weighted by Gasteiger charge is 2.30. The van der Waals surface area contributed by atoms with Gasteiger partial charge in [0.15, 0.2) is 5.54 Å². The first-order chi connectivity index (χ1) is 13.7. The van der Waals surface area contributed by atoms with Crippen molar-refractivity contribution in [3.63, 3.8) is 0 Å². The van der Waals surface area contributed by atoms with Crippen LogP contribution in [0.15, 0.2) is 36.7 Å². The fourth-order valence-electron chi connectivity index (χ4n) is 2.83. The Morgan fingerprint density at radius 1 is 1.24 bits per heavy atom. The van der Waals surface area contributed by atoms with Crippen LogP contribution < -0.4 is 15.5 Å². The Labute approximate surface area is 166 Å². The Balaban J connectivity index is 1.59. The van der Waals surface area contributed by atoms with Gasteiger partial charge in [0, 0.05) is 19.0 Å². The minimum absolute atomic E-state index is 0.0811. The topological polar surface area (TPSA) is 134 Å². The van der Waals surface area contributed by atoms with E-state index in [9.17, 15) is 24.3 Å². The maximum Gasteiger partial charge on any atom is 0.331 e. The molecule has 3 amide bonds. The van der Waals surface area contributed by atoms with Crippen LogP contribution in [0.1, 0.15) is 26.7 Å². The molecule has 1 aliphatic rings. The molecule has 0 aliphatic carbocycles. The normalized spacial score (nSPS) is 13.4. The van der Waals surface area contributed by atoms with Crippen LogP contribution >= 0.6 is 0 Å². The number of carbonyl (C=O) groups excluding carboxylic acids is 3. The average molecular weight is 399 g/mol. The van der Waals surface area contributed by atoms with E-state index in [0.29, 0.717) is 17.1 Å². The zero-order valence-corrected chi connectivity index (χ0v) is 16.0.